The van der Waals surface area contributed by atoms with E-state index in [9.17, 15) is 14.0 Å². The third kappa shape index (κ3) is 4.66. The van der Waals surface area contributed by atoms with Gasteiger partial charge in [-0.25, -0.2) is 4.39 Å². The summed E-state index contributed by atoms with van der Waals surface area (Å²) in [7, 11) is 1.78. The summed E-state index contributed by atoms with van der Waals surface area (Å²) in [5.74, 6) is -0.698. The van der Waals surface area contributed by atoms with Crippen molar-refractivity contribution in [2.24, 2.45) is 5.92 Å². The van der Waals surface area contributed by atoms with Gasteiger partial charge in [0.25, 0.3) is 5.91 Å². The largest absolute Gasteiger partial charge is 0.344 e. The molecule has 0 N–H and O–H groups in total. The maximum absolute atomic E-state index is 13.8. The topological polar surface area (TPSA) is 40.6 Å². The van der Waals surface area contributed by atoms with Crippen molar-refractivity contribution < 1.29 is 14.0 Å². The van der Waals surface area contributed by atoms with E-state index in [1.807, 2.05) is 48.5 Å². The Morgan fingerprint density at radius 2 is 1.71 bits per heavy atom. The Balaban J connectivity index is 1.62. The molecule has 1 saturated heterocycles. The molecular formula is C26H25FN2O2. The average molecular weight is 416 g/mol. The first kappa shape index (κ1) is 20.8. The minimum Gasteiger partial charge on any atom is -0.344 e. The number of hydrogen-bond acceptors (Lipinski definition) is 2. The maximum Gasteiger partial charge on any atom is 0.253 e. The molecule has 0 unspecified atom stereocenters. The quantitative estimate of drug-likeness (QED) is 0.638. The first-order chi connectivity index (χ1) is 15.0. The van der Waals surface area contributed by atoms with E-state index in [0.717, 1.165) is 16.7 Å². The Morgan fingerprint density at radius 1 is 0.968 bits per heavy atom. The van der Waals surface area contributed by atoms with Gasteiger partial charge >= 0.3 is 0 Å². The van der Waals surface area contributed by atoms with E-state index < -0.39 is 0 Å². The molecule has 1 heterocycles. The van der Waals surface area contributed by atoms with Gasteiger partial charge in [0.15, 0.2) is 0 Å². The smallest absolute Gasteiger partial charge is 0.253 e. The number of rotatable bonds is 4. The molecular weight excluding hydrogens is 391 g/mol. The number of nitrogens with zero attached hydrogens (tertiary/aromatic N) is 2. The van der Waals surface area contributed by atoms with Crippen LogP contribution in [0.4, 0.5) is 4.39 Å². The first-order valence-electron chi connectivity index (χ1n) is 10.5. The van der Waals surface area contributed by atoms with Crippen LogP contribution in [0, 0.1) is 11.7 Å². The molecule has 1 atom stereocenters. The lowest BCUT2D eigenvalue weighted by Gasteiger charge is -2.24. The van der Waals surface area contributed by atoms with Crippen LogP contribution in [0.1, 0.15) is 15.9 Å². The average Bonchev–Trinajstić information content (AvgIpc) is 2.93. The summed E-state index contributed by atoms with van der Waals surface area (Å²) in [5.41, 5.74) is 3.28. The zero-order valence-corrected chi connectivity index (χ0v) is 17.5. The molecule has 0 aliphatic carbocycles. The molecule has 0 spiro atoms. The summed E-state index contributed by atoms with van der Waals surface area (Å²) in [6.45, 7) is 1.35. The van der Waals surface area contributed by atoms with E-state index in [1.54, 1.807) is 35.0 Å². The van der Waals surface area contributed by atoms with Gasteiger partial charge in [-0.15, -0.1) is 0 Å². The highest BCUT2D eigenvalue weighted by Crippen LogP contribution is 2.28. The van der Waals surface area contributed by atoms with Gasteiger partial charge in [0.05, 0.1) is 5.92 Å². The van der Waals surface area contributed by atoms with Crippen molar-refractivity contribution in [3.63, 3.8) is 0 Å². The summed E-state index contributed by atoms with van der Waals surface area (Å²) in [6, 6.07) is 23.4. The Morgan fingerprint density at radius 3 is 2.48 bits per heavy atom. The van der Waals surface area contributed by atoms with Crippen molar-refractivity contribution in [3.05, 3.63) is 95.8 Å². The highest BCUT2D eigenvalue weighted by Gasteiger charge is 2.31. The lowest BCUT2D eigenvalue weighted by Crippen LogP contribution is -2.37. The number of carbonyl (C=O) groups excluding carboxylic acids is 2. The second kappa shape index (κ2) is 9.13. The van der Waals surface area contributed by atoms with Gasteiger partial charge in [0, 0.05) is 32.2 Å². The van der Waals surface area contributed by atoms with Gasteiger partial charge < -0.3 is 9.80 Å². The SMILES string of the molecule is CN1CCN(C(=O)c2ccccc2)C[C@H](Cc2ccccc2-c2cccc(F)c2)C1=O. The van der Waals surface area contributed by atoms with Crippen LogP contribution in [0.2, 0.25) is 0 Å². The zero-order valence-electron chi connectivity index (χ0n) is 17.5. The minimum atomic E-state index is -0.366. The van der Waals surface area contributed by atoms with Crippen LogP contribution in [0.15, 0.2) is 78.9 Å². The molecule has 2 amide bonds. The highest BCUT2D eigenvalue weighted by atomic mass is 19.1. The van der Waals surface area contributed by atoms with Crippen molar-refractivity contribution in [3.8, 4) is 11.1 Å². The molecule has 5 heteroatoms. The fourth-order valence-corrected chi connectivity index (χ4v) is 4.13. The van der Waals surface area contributed by atoms with Crippen LogP contribution in [-0.4, -0.2) is 48.3 Å². The molecule has 31 heavy (non-hydrogen) atoms. The zero-order chi connectivity index (χ0) is 21.8. The van der Waals surface area contributed by atoms with Gasteiger partial charge in [0.1, 0.15) is 5.82 Å². The molecule has 3 aromatic carbocycles. The summed E-state index contributed by atoms with van der Waals surface area (Å²) in [4.78, 5) is 29.6. The molecule has 0 bridgehead atoms. The van der Waals surface area contributed by atoms with E-state index in [1.165, 1.54) is 12.1 Å². The number of halogens is 1. The van der Waals surface area contributed by atoms with Crippen molar-refractivity contribution >= 4 is 11.8 Å². The number of hydrogen-bond donors (Lipinski definition) is 0. The molecule has 1 aliphatic heterocycles. The normalized spacial score (nSPS) is 16.8. The summed E-state index contributed by atoms with van der Waals surface area (Å²) in [5, 5.41) is 0. The van der Waals surface area contributed by atoms with Crippen LogP contribution in [-0.2, 0) is 11.2 Å². The summed E-state index contributed by atoms with van der Waals surface area (Å²) < 4.78 is 13.8. The minimum absolute atomic E-state index is 0.0254. The van der Waals surface area contributed by atoms with Crippen LogP contribution in [0.25, 0.3) is 11.1 Å². The molecule has 3 aromatic rings. The molecule has 1 fully saturated rings. The number of amides is 2. The molecule has 0 radical (unpaired) electrons. The van der Waals surface area contributed by atoms with Gasteiger partial charge in [-0.3, -0.25) is 9.59 Å². The number of carbonyl (C=O) groups is 2. The van der Waals surface area contributed by atoms with Gasteiger partial charge in [0.2, 0.25) is 5.91 Å². The van der Waals surface area contributed by atoms with E-state index >= 15 is 0 Å². The number of benzene rings is 3. The van der Waals surface area contributed by atoms with Crippen molar-refractivity contribution in [2.75, 3.05) is 26.7 Å². The van der Waals surface area contributed by atoms with E-state index in [2.05, 4.69) is 0 Å². The van der Waals surface area contributed by atoms with E-state index in [4.69, 9.17) is 0 Å². The Kier molecular flexibility index (Phi) is 6.12. The maximum atomic E-state index is 13.8. The predicted octanol–water partition coefficient (Wildman–Crippen LogP) is 4.27. The predicted molar refractivity (Wildman–Crippen MR) is 119 cm³/mol. The second-order valence-electron chi connectivity index (χ2n) is 7.95. The Labute approximate surface area is 181 Å². The van der Waals surface area contributed by atoms with Crippen LogP contribution in [0.3, 0.4) is 0 Å². The van der Waals surface area contributed by atoms with Crippen molar-refractivity contribution in [2.45, 2.75) is 6.42 Å². The third-order valence-corrected chi connectivity index (χ3v) is 5.80. The highest BCUT2D eigenvalue weighted by molar-refractivity contribution is 5.95. The van der Waals surface area contributed by atoms with Crippen LogP contribution >= 0.6 is 0 Å². The monoisotopic (exact) mass is 416 g/mol. The Hall–Kier alpha value is -3.47. The first-order valence-corrected chi connectivity index (χ1v) is 10.5. The molecule has 0 saturated carbocycles. The van der Waals surface area contributed by atoms with Crippen LogP contribution in [0.5, 0.6) is 0 Å². The summed E-state index contributed by atoms with van der Waals surface area (Å²) in [6.07, 6.45) is 0.481. The fraction of sp³-hybridized carbons (Fsp3) is 0.231. The lowest BCUT2D eigenvalue weighted by molar-refractivity contribution is -0.133. The number of likely N-dealkylation sites (N-methyl/N-ethyl adjacent to an activating group) is 1. The van der Waals surface area contributed by atoms with E-state index in [0.29, 0.717) is 31.6 Å². The molecule has 4 nitrogen and oxygen atoms in total. The second-order valence-corrected chi connectivity index (χ2v) is 7.95. The summed E-state index contributed by atoms with van der Waals surface area (Å²) >= 11 is 0. The fourth-order valence-electron chi connectivity index (χ4n) is 4.13. The van der Waals surface area contributed by atoms with Gasteiger partial charge in [-0.1, -0.05) is 54.6 Å². The van der Waals surface area contributed by atoms with Crippen molar-refractivity contribution in [1.29, 1.82) is 0 Å². The van der Waals surface area contributed by atoms with Crippen LogP contribution < -0.4 is 0 Å². The van der Waals surface area contributed by atoms with E-state index in [-0.39, 0.29) is 23.5 Å². The van der Waals surface area contributed by atoms with Crippen molar-refractivity contribution in [1.82, 2.24) is 9.80 Å². The standard InChI is InChI=1S/C26H25FN2O2/c1-28-14-15-29(26(31)19-8-3-2-4-9-19)18-22(25(28)30)16-20-10-5-6-13-24(20)21-11-7-12-23(27)17-21/h2-13,17,22H,14-16,18H2,1H3/t22-/m0/s1. The molecule has 0 aromatic heterocycles. The molecule has 4 rings (SSSR count). The Bertz CT molecular complexity index is 1080. The lowest BCUT2D eigenvalue weighted by atomic mass is 9.91. The van der Waals surface area contributed by atoms with Gasteiger partial charge in [-0.2, -0.15) is 0 Å². The molecule has 158 valence electrons. The molecule has 1 aliphatic rings. The van der Waals surface area contributed by atoms with Gasteiger partial charge in [-0.05, 0) is 47.4 Å². The third-order valence-electron chi connectivity index (χ3n) is 5.80.